The van der Waals surface area contributed by atoms with Crippen LogP contribution in [0, 0.1) is 13.8 Å². The van der Waals surface area contributed by atoms with Crippen LogP contribution >= 0.6 is 27.3 Å². The van der Waals surface area contributed by atoms with Crippen LogP contribution in [0.3, 0.4) is 0 Å². The normalized spacial score (nSPS) is 12.4. The molecule has 2 rings (SSSR count). The Balaban J connectivity index is 2.54. The summed E-state index contributed by atoms with van der Waals surface area (Å²) in [6.45, 7) is 7.29. The van der Waals surface area contributed by atoms with Gasteiger partial charge in [-0.05, 0) is 70.5 Å². The molecule has 1 aromatic carbocycles. The number of benzene rings is 1. The van der Waals surface area contributed by atoms with Crippen LogP contribution in [0.5, 0.6) is 5.75 Å². The Hall–Kier alpha value is -0.840. The molecule has 0 saturated carbocycles. The van der Waals surface area contributed by atoms with E-state index in [9.17, 15) is 0 Å². The fraction of sp³-hybridized carbons (Fsp3) is 0.375. The minimum Gasteiger partial charge on any atom is -0.496 e. The van der Waals surface area contributed by atoms with Gasteiger partial charge in [0.2, 0.25) is 0 Å². The summed E-state index contributed by atoms with van der Waals surface area (Å²) in [6.07, 6.45) is 0. The van der Waals surface area contributed by atoms with Gasteiger partial charge in [-0.2, -0.15) is 0 Å². The molecule has 0 fully saturated rings. The topological polar surface area (TPSA) is 21.3 Å². The van der Waals surface area contributed by atoms with E-state index >= 15 is 0 Å². The molecular weight excluding hydrogens is 334 g/mol. The molecule has 1 heterocycles. The Morgan fingerprint density at radius 3 is 2.60 bits per heavy atom. The molecule has 0 bridgehead atoms. The van der Waals surface area contributed by atoms with E-state index in [1.54, 1.807) is 18.4 Å². The molecule has 0 radical (unpaired) electrons. The first-order valence-corrected chi connectivity index (χ1v) is 8.36. The summed E-state index contributed by atoms with van der Waals surface area (Å²) >= 11 is 5.26. The monoisotopic (exact) mass is 353 g/mol. The second-order valence-corrected chi connectivity index (χ2v) is 7.16. The average molecular weight is 354 g/mol. The molecule has 1 aromatic heterocycles. The molecule has 1 N–H and O–H groups in total. The van der Waals surface area contributed by atoms with Crippen LogP contribution in [0.25, 0.3) is 0 Å². The number of methoxy groups -OCH3 is 1. The maximum Gasteiger partial charge on any atom is 0.124 e. The van der Waals surface area contributed by atoms with Gasteiger partial charge in [0.25, 0.3) is 0 Å². The maximum atomic E-state index is 5.61. The van der Waals surface area contributed by atoms with Crippen molar-refractivity contribution in [2.45, 2.75) is 26.8 Å². The highest BCUT2D eigenvalue weighted by molar-refractivity contribution is 9.11. The van der Waals surface area contributed by atoms with E-state index in [1.807, 2.05) is 0 Å². The van der Waals surface area contributed by atoms with Crippen molar-refractivity contribution in [3.05, 3.63) is 49.6 Å². The summed E-state index contributed by atoms with van der Waals surface area (Å²) in [5.41, 5.74) is 4.99. The molecular formula is C16H20BrNOS. The van der Waals surface area contributed by atoms with Crippen LogP contribution in [0.2, 0.25) is 0 Å². The number of ether oxygens (including phenoxy) is 1. The second kappa shape index (κ2) is 6.74. The summed E-state index contributed by atoms with van der Waals surface area (Å²) in [6, 6.07) is 6.66. The van der Waals surface area contributed by atoms with Crippen LogP contribution in [-0.2, 0) is 0 Å². The van der Waals surface area contributed by atoms with E-state index in [0.717, 1.165) is 16.1 Å². The van der Waals surface area contributed by atoms with Crippen LogP contribution in [-0.4, -0.2) is 13.7 Å². The minimum atomic E-state index is 0.165. The number of thiophene rings is 1. The Morgan fingerprint density at radius 2 is 2.05 bits per heavy atom. The maximum absolute atomic E-state index is 5.61. The van der Waals surface area contributed by atoms with Gasteiger partial charge in [0, 0.05) is 5.56 Å². The van der Waals surface area contributed by atoms with Crippen molar-refractivity contribution in [3.8, 4) is 5.75 Å². The molecule has 0 amide bonds. The standard InChI is InChI=1S/C16H20BrNOS/c1-5-18-16(12-8-14(17)20-9-12)15-11(3)6-10(2)7-13(15)19-4/h6-9,16,18H,5H2,1-4H3. The summed E-state index contributed by atoms with van der Waals surface area (Å²) in [5, 5.41) is 5.76. The number of nitrogens with one attached hydrogen (secondary N) is 1. The van der Waals surface area contributed by atoms with E-state index in [4.69, 9.17) is 4.74 Å². The van der Waals surface area contributed by atoms with Gasteiger partial charge in [0.15, 0.2) is 0 Å². The molecule has 0 aliphatic carbocycles. The Bertz CT molecular complexity index is 594. The number of halogens is 1. The smallest absolute Gasteiger partial charge is 0.124 e. The van der Waals surface area contributed by atoms with Gasteiger partial charge in [-0.25, -0.2) is 0 Å². The molecule has 0 spiro atoms. The number of hydrogen-bond donors (Lipinski definition) is 1. The van der Waals surface area contributed by atoms with Gasteiger partial charge in [-0.15, -0.1) is 11.3 Å². The SMILES string of the molecule is CCNC(c1csc(Br)c1)c1c(C)cc(C)cc1OC. The zero-order valence-electron chi connectivity index (χ0n) is 12.3. The van der Waals surface area contributed by atoms with Gasteiger partial charge < -0.3 is 10.1 Å². The first-order valence-electron chi connectivity index (χ1n) is 6.69. The Morgan fingerprint density at radius 1 is 1.30 bits per heavy atom. The fourth-order valence-corrected chi connectivity index (χ4v) is 3.75. The third-order valence-corrected chi connectivity index (χ3v) is 4.85. The lowest BCUT2D eigenvalue weighted by Crippen LogP contribution is -2.23. The van der Waals surface area contributed by atoms with Gasteiger partial charge in [0.1, 0.15) is 5.75 Å². The third kappa shape index (κ3) is 3.25. The lowest BCUT2D eigenvalue weighted by atomic mass is 9.94. The lowest BCUT2D eigenvalue weighted by molar-refractivity contribution is 0.403. The number of hydrogen-bond acceptors (Lipinski definition) is 3. The quantitative estimate of drug-likeness (QED) is 0.830. The minimum absolute atomic E-state index is 0.165. The summed E-state index contributed by atoms with van der Waals surface area (Å²) in [5.74, 6) is 0.954. The summed E-state index contributed by atoms with van der Waals surface area (Å²) < 4.78 is 6.77. The molecule has 1 atom stereocenters. The molecule has 2 nitrogen and oxygen atoms in total. The zero-order valence-corrected chi connectivity index (χ0v) is 14.7. The second-order valence-electron chi connectivity index (χ2n) is 4.87. The predicted octanol–water partition coefficient (Wildman–Crippen LogP) is 4.83. The Kier molecular flexibility index (Phi) is 5.24. The highest BCUT2D eigenvalue weighted by atomic mass is 79.9. The van der Waals surface area contributed by atoms with E-state index < -0.39 is 0 Å². The molecule has 0 saturated heterocycles. The number of aryl methyl sites for hydroxylation is 2. The van der Waals surface area contributed by atoms with Crippen LogP contribution in [0.15, 0.2) is 27.4 Å². The average Bonchev–Trinajstić information content (AvgIpc) is 2.82. The highest BCUT2D eigenvalue weighted by Gasteiger charge is 2.21. The van der Waals surface area contributed by atoms with Gasteiger partial charge in [-0.3, -0.25) is 0 Å². The highest BCUT2D eigenvalue weighted by Crippen LogP contribution is 2.36. The lowest BCUT2D eigenvalue weighted by Gasteiger charge is -2.23. The van der Waals surface area contributed by atoms with Crippen molar-refractivity contribution in [3.63, 3.8) is 0 Å². The van der Waals surface area contributed by atoms with Crippen molar-refractivity contribution < 1.29 is 4.74 Å². The summed E-state index contributed by atoms with van der Waals surface area (Å²) in [4.78, 5) is 0. The molecule has 0 aliphatic rings. The van der Waals surface area contributed by atoms with Crippen LogP contribution < -0.4 is 10.1 Å². The first-order chi connectivity index (χ1) is 9.56. The fourth-order valence-electron chi connectivity index (χ4n) is 2.54. The molecule has 1 unspecified atom stereocenters. The first kappa shape index (κ1) is 15.5. The largest absolute Gasteiger partial charge is 0.496 e. The summed E-state index contributed by atoms with van der Waals surface area (Å²) in [7, 11) is 1.74. The van der Waals surface area contributed by atoms with E-state index in [2.05, 4.69) is 65.6 Å². The van der Waals surface area contributed by atoms with Crippen molar-refractivity contribution in [2.24, 2.45) is 0 Å². The molecule has 20 heavy (non-hydrogen) atoms. The number of rotatable bonds is 5. The molecule has 0 aliphatic heterocycles. The van der Waals surface area contributed by atoms with Crippen molar-refractivity contribution in [2.75, 3.05) is 13.7 Å². The van der Waals surface area contributed by atoms with Crippen molar-refractivity contribution in [1.29, 1.82) is 0 Å². The van der Waals surface area contributed by atoms with E-state index in [-0.39, 0.29) is 6.04 Å². The van der Waals surface area contributed by atoms with E-state index in [1.165, 1.54) is 22.3 Å². The Labute approximate surface area is 133 Å². The van der Waals surface area contributed by atoms with Crippen molar-refractivity contribution in [1.82, 2.24) is 5.32 Å². The van der Waals surface area contributed by atoms with Gasteiger partial charge in [0.05, 0.1) is 16.9 Å². The molecule has 2 aromatic rings. The van der Waals surface area contributed by atoms with E-state index in [0.29, 0.717) is 0 Å². The van der Waals surface area contributed by atoms with Crippen molar-refractivity contribution >= 4 is 27.3 Å². The van der Waals surface area contributed by atoms with Crippen LogP contribution in [0.4, 0.5) is 0 Å². The van der Waals surface area contributed by atoms with Gasteiger partial charge in [-0.1, -0.05) is 13.0 Å². The van der Waals surface area contributed by atoms with Crippen LogP contribution in [0.1, 0.15) is 35.2 Å². The van der Waals surface area contributed by atoms with Gasteiger partial charge >= 0.3 is 0 Å². The molecule has 108 valence electrons. The third-order valence-electron chi connectivity index (χ3n) is 3.33. The molecule has 4 heteroatoms. The zero-order chi connectivity index (χ0) is 14.7. The predicted molar refractivity (Wildman–Crippen MR) is 90.0 cm³/mol.